The van der Waals surface area contributed by atoms with Crippen molar-refractivity contribution in [1.82, 2.24) is 0 Å². The second kappa shape index (κ2) is 16.6. The molecule has 2 N–H and O–H groups in total. The molecule has 0 aliphatic rings. The van der Waals surface area contributed by atoms with Crippen LogP contribution in [0, 0.1) is 0 Å². The molecule has 2 rings (SSSR count). The number of benzene rings is 2. The van der Waals surface area contributed by atoms with E-state index in [0.717, 1.165) is 57.7 Å². The molecule has 0 saturated heterocycles. The van der Waals surface area contributed by atoms with Crippen LogP contribution in [-0.2, 0) is 40.7 Å². The number of thioether (sulfide) groups is 2. The molecule has 0 bridgehead atoms. The van der Waals surface area contributed by atoms with Gasteiger partial charge in [-0.05, 0) is 85.5 Å². The van der Waals surface area contributed by atoms with Crippen molar-refractivity contribution < 1.29 is 29.3 Å². The first-order valence-electron chi connectivity index (χ1n) is 17.3. The Bertz CT molecular complexity index is 1230. The molecule has 0 amide bonds. The number of carbonyl (C=O) groups excluding carboxylic acids is 2. The average molecular weight is 703 g/mol. The zero-order valence-corrected chi connectivity index (χ0v) is 33.7. The van der Waals surface area contributed by atoms with Gasteiger partial charge in [0.25, 0.3) is 0 Å². The average Bonchev–Trinajstić information content (AvgIpc) is 2.93. The minimum absolute atomic E-state index is 0.235. The third kappa shape index (κ3) is 12.2. The highest BCUT2D eigenvalue weighted by Crippen LogP contribution is 2.44. The lowest BCUT2D eigenvalue weighted by Gasteiger charge is -2.28. The number of phenols is 2. The van der Waals surface area contributed by atoms with Crippen LogP contribution in [0.5, 0.6) is 11.5 Å². The molecule has 270 valence electrons. The van der Waals surface area contributed by atoms with E-state index in [1.165, 1.54) is 23.5 Å². The van der Waals surface area contributed by atoms with E-state index in [0.29, 0.717) is 24.7 Å². The van der Waals surface area contributed by atoms with E-state index in [9.17, 15) is 19.8 Å². The van der Waals surface area contributed by atoms with Crippen molar-refractivity contribution in [2.24, 2.45) is 0 Å². The summed E-state index contributed by atoms with van der Waals surface area (Å²) in [5.74, 6) is 0.162. The van der Waals surface area contributed by atoms with Gasteiger partial charge < -0.3 is 19.7 Å². The SMILES string of the molecule is CC(Sc1cc(C(C)(C)C)c(O)c(C(C)(C)C)c1)C(=O)OCCCCCCOC(=O)C(C)Sc1cc(C(C)(C)C)c(O)c(C(C)(C)C)c1. The van der Waals surface area contributed by atoms with Gasteiger partial charge in [-0.3, -0.25) is 9.59 Å². The van der Waals surface area contributed by atoms with Crippen molar-refractivity contribution in [1.29, 1.82) is 0 Å². The second-order valence-electron chi connectivity index (χ2n) is 17.0. The van der Waals surface area contributed by atoms with Crippen LogP contribution in [0.3, 0.4) is 0 Å². The van der Waals surface area contributed by atoms with Gasteiger partial charge in [-0.2, -0.15) is 0 Å². The molecular formula is C40H62O6S2. The lowest BCUT2D eigenvalue weighted by molar-refractivity contribution is -0.144. The smallest absolute Gasteiger partial charge is 0.319 e. The summed E-state index contributed by atoms with van der Waals surface area (Å²) in [5.41, 5.74) is 2.55. The fraction of sp³-hybridized carbons (Fsp3) is 0.650. The summed E-state index contributed by atoms with van der Waals surface area (Å²) in [7, 11) is 0. The first kappa shape index (κ1) is 41.8. The Morgan fingerprint density at radius 2 is 0.792 bits per heavy atom. The van der Waals surface area contributed by atoms with Crippen LogP contribution in [0.25, 0.3) is 0 Å². The molecule has 0 spiro atoms. The van der Waals surface area contributed by atoms with Crippen molar-refractivity contribution in [3.63, 3.8) is 0 Å². The molecule has 0 saturated carbocycles. The zero-order valence-electron chi connectivity index (χ0n) is 32.1. The number of esters is 2. The van der Waals surface area contributed by atoms with E-state index in [-0.39, 0.29) is 44.1 Å². The third-order valence-electron chi connectivity index (χ3n) is 8.22. The number of ether oxygens (including phenoxy) is 2. The summed E-state index contributed by atoms with van der Waals surface area (Å²) in [6.45, 7) is 29.4. The summed E-state index contributed by atoms with van der Waals surface area (Å²) in [5, 5.41) is 21.2. The fourth-order valence-corrected chi connectivity index (χ4v) is 7.17. The van der Waals surface area contributed by atoms with Gasteiger partial charge in [0.05, 0.1) is 13.2 Å². The molecule has 0 fully saturated rings. The Morgan fingerprint density at radius 1 is 0.542 bits per heavy atom. The normalized spacial score (nSPS) is 14.0. The molecule has 0 aliphatic carbocycles. The fourth-order valence-electron chi connectivity index (χ4n) is 5.28. The summed E-state index contributed by atoms with van der Waals surface area (Å²) in [6.07, 6.45) is 3.24. The number of rotatable bonds is 13. The minimum Gasteiger partial charge on any atom is -0.507 e. The highest BCUT2D eigenvalue weighted by atomic mass is 32.2. The molecule has 0 heterocycles. The molecule has 2 atom stereocenters. The van der Waals surface area contributed by atoms with Crippen LogP contribution in [0.4, 0.5) is 0 Å². The molecule has 8 heteroatoms. The first-order chi connectivity index (χ1) is 21.8. The lowest BCUT2D eigenvalue weighted by atomic mass is 9.79. The van der Waals surface area contributed by atoms with Gasteiger partial charge >= 0.3 is 11.9 Å². The molecule has 2 aromatic rings. The van der Waals surface area contributed by atoms with Gasteiger partial charge in [0.2, 0.25) is 0 Å². The van der Waals surface area contributed by atoms with Gasteiger partial charge in [0.15, 0.2) is 0 Å². The highest BCUT2D eigenvalue weighted by Gasteiger charge is 2.29. The van der Waals surface area contributed by atoms with E-state index in [1.54, 1.807) is 0 Å². The second-order valence-corrected chi connectivity index (χ2v) is 19.8. The Labute approximate surface area is 299 Å². The van der Waals surface area contributed by atoms with Crippen molar-refractivity contribution in [3.05, 3.63) is 46.5 Å². The van der Waals surface area contributed by atoms with Crippen molar-refractivity contribution in [2.45, 2.75) is 165 Å². The van der Waals surface area contributed by atoms with E-state index in [2.05, 4.69) is 83.1 Å². The molecule has 2 aromatic carbocycles. The quantitative estimate of drug-likeness (QED) is 0.121. The largest absolute Gasteiger partial charge is 0.507 e. The lowest BCUT2D eigenvalue weighted by Crippen LogP contribution is -2.19. The Balaban J connectivity index is 1.79. The van der Waals surface area contributed by atoms with Crippen LogP contribution in [0.15, 0.2) is 34.1 Å². The molecule has 48 heavy (non-hydrogen) atoms. The Morgan fingerprint density at radius 3 is 1.02 bits per heavy atom. The molecular weight excluding hydrogens is 641 g/mol. The summed E-state index contributed by atoms with van der Waals surface area (Å²) < 4.78 is 11.2. The number of hydrogen-bond donors (Lipinski definition) is 2. The molecule has 0 aromatic heterocycles. The van der Waals surface area contributed by atoms with Crippen molar-refractivity contribution >= 4 is 35.5 Å². The van der Waals surface area contributed by atoms with E-state index < -0.39 is 0 Å². The van der Waals surface area contributed by atoms with Crippen molar-refractivity contribution in [3.8, 4) is 11.5 Å². The zero-order chi connectivity index (χ0) is 36.8. The predicted octanol–water partition coefficient (Wildman–Crippen LogP) is 10.6. The maximum Gasteiger partial charge on any atom is 0.319 e. The van der Waals surface area contributed by atoms with Crippen LogP contribution in [-0.4, -0.2) is 45.9 Å². The van der Waals surface area contributed by atoms with Crippen LogP contribution < -0.4 is 0 Å². The summed E-state index contributed by atoms with van der Waals surface area (Å²) in [6, 6.07) is 7.96. The molecule has 2 unspecified atom stereocenters. The van der Waals surface area contributed by atoms with Gasteiger partial charge in [-0.25, -0.2) is 0 Å². The highest BCUT2D eigenvalue weighted by molar-refractivity contribution is 8.00. The standard InChI is InChI=1S/C40H62O6S2/c1-25(47-27-21-29(37(3,4)5)33(41)30(22-27)38(6,7)8)35(43)45-19-17-15-16-18-20-46-36(44)26(2)48-28-23-31(39(9,10)11)34(42)32(24-28)40(12,13)14/h21-26,41-42H,15-20H2,1-14H3. The van der Waals surface area contributed by atoms with Gasteiger partial charge in [0, 0.05) is 32.0 Å². The Hall–Kier alpha value is -2.32. The number of unbranched alkanes of at least 4 members (excludes halogenated alkanes) is 3. The van der Waals surface area contributed by atoms with E-state index in [4.69, 9.17) is 9.47 Å². The number of hydrogen-bond acceptors (Lipinski definition) is 8. The number of aromatic hydroxyl groups is 2. The van der Waals surface area contributed by atoms with Crippen LogP contribution in [0.1, 0.15) is 145 Å². The van der Waals surface area contributed by atoms with Crippen LogP contribution in [0.2, 0.25) is 0 Å². The topological polar surface area (TPSA) is 93.1 Å². The van der Waals surface area contributed by atoms with E-state index >= 15 is 0 Å². The van der Waals surface area contributed by atoms with Crippen LogP contribution >= 0.6 is 23.5 Å². The monoisotopic (exact) mass is 702 g/mol. The van der Waals surface area contributed by atoms with Gasteiger partial charge in [-0.15, -0.1) is 23.5 Å². The van der Waals surface area contributed by atoms with E-state index in [1.807, 2.05) is 38.1 Å². The minimum atomic E-state index is -0.379. The molecule has 6 nitrogen and oxygen atoms in total. The number of phenolic OH excluding ortho intramolecular Hbond substituents is 2. The maximum atomic E-state index is 12.8. The summed E-state index contributed by atoms with van der Waals surface area (Å²) in [4.78, 5) is 27.4. The van der Waals surface area contributed by atoms with Gasteiger partial charge in [-0.1, -0.05) is 83.1 Å². The summed E-state index contributed by atoms with van der Waals surface area (Å²) >= 11 is 2.92. The predicted molar refractivity (Wildman–Crippen MR) is 202 cm³/mol. The third-order valence-corrected chi connectivity index (χ3v) is 10.3. The maximum absolute atomic E-state index is 12.8. The first-order valence-corrected chi connectivity index (χ1v) is 19.0. The number of carbonyl (C=O) groups is 2. The Kier molecular flexibility index (Phi) is 14.5. The van der Waals surface area contributed by atoms with Gasteiger partial charge in [0.1, 0.15) is 22.0 Å². The molecule has 0 aliphatic heterocycles. The molecule has 0 radical (unpaired) electrons. The van der Waals surface area contributed by atoms with Crippen molar-refractivity contribution in [2.75, 3.05) is 13.2 Å².